The molecule has 6 heteroatoms. The zero-order valence-corrected chi connectivity index (χ0v) is 13.9. The highest BCUT2D eigenvalue weighted by molar-refractivity contribution is 7.92. The molecule has 0 fully saturated rings. The summed E-state index contributed by atoms with van der Waals surface area (Å²) in [5, 5.41) is 0. The normalized spacial score (nSPS) is 11.0. The second-order valence-electron chi connectivity index (χ2n) is 5.14. The lowest BCUT2D eigenvalue weighted by Crippen LogP contribution is -2.13. The summed E-state index contributed by atoms with van der Waals surface area (Å²) in [6, 6.07) is 12.8. The second kappa shape index (κ2) is 7.28. The van der Waals surface area contributed by atoms with Gasteiger partial charge in [0.2, 0.25) is 0 Å². The molecule has 122 valence electrons. The van der Waals surface area contributed by atoms with Crippen molar-refractivity contribution in [2.75, 3.05) is 11.3 Å². The number of carbonyl (C=O) groups excluding carboxylic acids is 1. The van der Waals surface area contributed by atoms with Crippen LogP contribution in [0.25, 0.3) is 0 Å². The first-order chi connectivity index (χ1) is 10.9. The number of anilines is 1. The van der Waals surface area contributed by atoms with E-state index in [0.29, 0.717) is 17.9 Å². The predicted octanol–water partition coefficient (Wildman–Crippen LogP) is 3.36. The zero-order valence-electron chi connectivity index (χ0n) is 13.1. The highest BCUT2D eigenvalue weighted by Crippen LogP contribution is 2.18. The van der Waals surface area contributed by atoms with Crippen molar-refractivity contribution < 1.29 is 17.9 Å². The van der Waals surface area contributed by atoms with Gasteiger partial charge in [-0.05, 0) is 55.3 Å². The van der Waals surface area contributed by atoms with Crippen molar-refractivity contribution in [3.05, 3.63) is 59.7 Å². The Morgan fingerprint density at radius 2 is 1.83 bits per heavy atom. The van der Waals surface area contributed by atoms with E-state index in [0.717, 1.165) is 12.0 Å². The summed E-state index contributed by atoms with van der Waals surface area (Å²) in [6.07, 6.45) is 0.750. The van der Waals surface area contributed by atoms with Gasteiger partial charge in [0.1, 0.15) is 0 Å². The Morgan fingerprint density at radius 1 is 1.13 bits per heavy atom. The maximum absolute atomic E-state index is 12.3. The predicted molar refractivity (Wildman–Crippen MR) is 89.0 cm³/mol. The van der Waals surface area contributed by atoms with Crippen molar-refractivity contribution in [3.8, 4) is 0 Å². The highest BCUT2D eigenvalue weighted by atomic mass is 32.2. The van der Waals surface area contributed by atoms with Crippen molar-refractivity contribution in [2.24, 2.45) is 0 Å². The molecule has 0 aliphatic heterocycles. The van der Waals surface area contributed by atoms with Crippen molar-refractivity contribution in [2.45, 2.75) is 25.2 Å². The van der Waals surface area contributed by atoms with Crippen LogP contribution in [0.5, 0.6) is 0 Å². The van der Waals surface area contributed by atoms with E-state index in [1.807, 2.05) is 19.9 Å². The van der Waals surface area contributed by atoms with Crippen LogP contribution >= 0.6 is 0 Å². The van der Waals surface area contributed by atoms with Crippen molar-refractivity contribution in [1.29, 1.82) is 0 Å². The molecule has 1 N–H and O–H groups in total. The summed E-state index contributed by atoms with van der Waals surface area (Å²) in [5.41, 5.74) is 1.64. The first-order valence-corrected chi connectivity index (χ1v) is 8.77. The first-order valence-electron chi connectivity index (χ1n) is 7.29. The fourth-order valence-corrected chi connectivity index (χ4v) is 3.11. The van der Waals surface area contributed by atoms with Crippen LogP contribution in [0, 0.1) is 6.92 Å². The number of hydrogen-bond donors (Lipinski definition) is 1. The average Bonchev–Trinajstić information content (AvgIpc) is 2.53. The molecule has 0 saturated heterocycles. The van der Waals surface area contributed by atoms with E-state index in [9.17, 15) is 13.2 Å². The van der Waals surface area contributed by atoms with Gasteiger partial charge in [-0.2, -0.15) is 0 Å². The van der Waals surface area contributed by atoms with Crippen LogP contribution in [0.1, 0.15) is 29.3 Å². The molecule has 0 radical (unpaired) electrons. The van der Waals surface area contributed by atoms with Gasteiger partial charge >= 0.3 is 5.97 Å². The molecule has 0 aromatic heterocycles. The number of benzene rings is 2. The molecule has 2 aromatic rings. The smallest absolute Gasteiger partial charge is 0.338 e. The Kier molecular flexibility index (Phi) is 5.39. The van der Waals surface area contributed by atoms with E-state index in [2.05, 4.69) is 4.72 Å². The van der Waals surface area contributed by atoms with E-state index >= 15 is 0 Å². The van der Waals surface area contributed by atoms with E-state index in [1.165, 1.54) is 30.3 Å². The van der Waals surface area contributed by atoms with Gasteiger partial charge in [0, 0.05) is 5.69 Å². The molecule has 0 heterocycles. The standard InChI is InChI=1S/C17H19NO4S/c1-3-11-22-17(19)14-7-9-15(10-8-14)18-23(20,21)16-6-4-5-13(2)12-16/h4-10,12,18H,3,11H2,1-2H3. The molecular formula is C17H19NO4S. The minimum atomic E-state index is -3.65. The molecule has 0 aliphatic carbocycles. The quantitative estimate of drug-likeness (QED) is 0.823. The molecule has 0 spiro atoms. The Balaban J connectivity index is 2.13. The maximum atomic E-state index is 12.3. The van der Waals surface area contributed by atoms with Gasteiger partial charge in [0.25, 0.3) is 10.0 Å². The number of ether oxygens (including phenoxy) is 1. The molecule has 2 rings (SSSR count). The molecule has 0 bridgehead atoms. The van der Waals surface area contributed by atoms with Crippen LogP contribution < -0.4 is 4.72 Å². The number of nitrogens with one attached hydrogen (secondary N) is 1. The largest absolute Gasteiger partial charge is 0.462 e. The lowest BCUT2D eigenvalue weighted by Gasteiger charge is -2.09. The molecule has 0 saturated carbocycles. The van der Waals surface area contributed by atoms with E-state index < -0.39 is 16.0 Å². The summed E-state index contributed by atoms with van der Waals surface area (Å²) in [4.78, 5) is 11.9. The van der Waals surface area contributed by atoms with Gasteiger partial charge in [-0.15, -0.1) is 0 Å². The van der Waals surface area contributed by atoms with Gasteiger partial charge < -0.3 is 4.74 Å². The third-order valence-corrected chi connectivity index (χ3v) is 4.49. The lowest BCUT2D eigenvalue weighted by molar-refractivity contribution is 0.0505. The summed E-state index contributed by atoms with van der Waals surface area (Å²) in [6.45, 7) is 4.10. The van der Waals surface area contributed by atoms with Gasteiger partial charge in [0.15, 0.2) is 0 Å². The van der Waals surface area contributed by atoms with Crippen LogP contribution in [-0.4, -0.2) is 21.0 Å². The van der Waals surface area contributed by atoms with Crippen LogP contribution in [-0.2, 0) is 14.8 Å². The monoisotopic (exact) mass is 333 g/mol. The van der Waals surface area contributed by atoms with Crippen LogP contribution in [0.15, 0.2) is 53.4 Å². The third kappa shape index (κ3) is 4.56. The SMILES string of the molecule is CCCOC(=O)c1ccc(NS(=O)(=O)c2cccc(C)c2)cc1. The molecule has 0 aliphatic rings. The van der Waals surface area contributed by atoms with Crippen molar-refractivity contribution >= 4 is 21.7 Å². The molecular weight excluding hydrogens is 314 g/mol. The highest BCUT2D eigenvalue weighted by Gasteiger charge is 2.14. The molecule has 23 heavy (non-hydrogen) atoms. The lowest BCUT2D eigenvalue weighted by atomic mass is 10.2. The minimum Gasteiger partial charge on any atom is -0.462 e. The number of esters is 1. The topological polar surface area (TPSA) is 72.5 Å². The number of rotatable bonds is 6. The minimum absolute atomic E-state index is 0.198. The third-order valence-electron chi connectivity index (χ3n) is 3.11. The van der Waals surface area contributed by atoms with Gasteiger partial charge in [-0.3, -0.25) is 4.72 Å². The molecule has 0 amide bonds. The molecule has 0 unspecified atom stereocenters. The maximum Gasteiger partial charge on any atom is 0.338 e. The van der Waals surface area contributed by atoms with E-state index in [1.54, 1.807) is 12.1 Å². The molecule has 0 atom stereocenters. The first kappa shape index (κ1) is 17.0. The number of hydrogen-bond acceptors (Lipinski definition) is 4. The summed E-state index contributed by atoms with van der Waals surface area (Å²) in [7, 11) is -3.65. The Morgan fingerprint density at radius 3 is 2.43 bits per heavy atom. The van der Waals surface area contributed by atoms with Crippen LogP contribution in [0.3, 0.4) is 0 Å². The zero-order chi connectivity index (χ0) is 16.9. The van der Waals surface area contributed by atoms with Gasteiger partial charge in [-0.25, -0.2) is 13.2 Å². The Bertz CT molecular complexity index is 782. The number of aryl methyl sites for hydroxylation is 1. The fraction of sp³-hybridized carbons (Fsp3) is 0.235. The summed E-state index contributed by atoms with van der Waals surface area (Å²) in [5.74, 6) is -0.417. The van der Waals surface area contributed by atoms with Gasteiger partial charge in [-0.1, -0.05) is 19.1 Å². The fourth-order valence-electron chi connectivity index (χ4n) is 1.95. The van der Waals surface area contributed by atoms with E-state index in [4.69, 9.17) is 4.74 Å². The Hall–Kier alpha value is -2.34. The van der Waals surface area contributed by atoms with Crippen LogP contribution in [0.4, 0.5) is 5.69 Å². The summed E-state index contributed by atoms with van der Waals surface area (Å²) < 4.78 is 32.1. The van der Waals surface area contributed by atoms with Crippen molar-refractivity contribution in [3.63, 3.8) is 0 Å². The van der Waals surface area contributed by atoms with Crippen molar-refractivity contribution in [1.82, 2.24) is 0 Å². The number of carbonyl (C=O) groups is 1. The average molecular weight is 333 g/mol. The van der Waals surface area contributed by atoms with E-state index in [-0.39, 0.29) is 4.90 Å². The number of sulfonamides is 1. The second-order valence-corrected chi connectivity index (χ2v) is 6.82. The van der Waals surface area contributed by atoms with Crippen LogP contribution in [0.2, 0.25) is 0 Å². The Labute approximate surface area is 136 Å². The van der Waals surface area contributed by atoms with Gasteiger partial charge in [0.05, 0.1) is 17.1 Å². The molecule has 5 nitrogen and oxygen atoms in total. The summed E-state index contributed by atoms with van der Waals surface area (Å²) >= 11 is 0. The molecule has 2 aromatic carbocycles.